The van der Waals surface area contributed by atoms with E-state index in [1.165, 1.54) is 65.2 Å². The number of aromatic nitrogens is 5. The summed E-state index contributed by atoms with van der Waals surface area (Å²) in [5.74, 6) is 0.651. The van der Waals surface area contributed by atoms with Crippen molar-refractivity contribution in [2.45, 2.75) is 0 Å². The van der Waals surface area contributed by atoms with E-state index in [-0.39, 0.29) is 0 Å². The van der Waals surface area contributed by atoms with Crippen molar-refractivity contribution in [1.82, 2.24) is 23.7 Å². The van der Waals surface area contributed by atoms with Gasteiger partial charge in [-0.1, -0.05) is 140 Å². The summed E-state index contributed by atoms with van der Waals surface area (Å²) < 4.78 is 7.12. The van der Waals surface area contributed by atoms with Gasteiger partial charge in [-0.25, -0.2) is 9.97 Å². The summed E-state index contributed by atoms with van der Waals surface area (Å²) in [5.41, 5.74) is 12.0. The van der Waals surface area contributed by atoms with Gasteiger partial charge in [0.15, 0.2) is 0 Å². The average Bonchev–Trinajstić information content (AvgIpc) is 3.99. The second-order valence-electron chi connectivity index (χ2n) is 16.6. The predicted octanol–water partition coefficient (Wildman–Crippen LogP) is 14.9. The maximum atomic E-state index is 5.41. The SMILES string of the molecule is c1ccc2cc(-c3nc(-n4c5ccccc5c5cc(-n6c7ccccc7c7c8c9ccccc9n(-c9ccc%10ccccc%10c9)c8ccc76)ccc54)nc4ccccc34)ccc2c1. The van der Waals surface area contributed by atoms with Crippen LogP contribution in [0.5, 0.6) is 0 Å². The van der Waals surface area contributed by atoms with Crippen LogP contribution in [-0.2, 0) is 0 Å². The Morgan fingerprint density at radius 2 is 0.762 bits per heavy atom. The molecular formula is C58H35N5. The molecule has 292 valence electrons. The van der Waals surface area contributed by atoms with Crippen LogP contribution in [0.25, 0.3) is 126 Å². The smallest absolute Gasteiger partial charge is 0.235 e. The highest BCUT2D eigenvalue weighted by atomic mass is 15.2. The van der Waals surface area contributed by atoms with Crippen molar-refractivity contribution in [3.63, 3.8) is 0 Å². The van der Waals surface area contributed by atoms with Crippen LogP contribution in [0.3, 0.4) is 0 Å². The van der Waals surface area contributed by atoms with Crippen LogP contribution in [0.4, 0.5) is 0 Å². The molecule has 0 N–H and O–H groups in total. The van der Waals surface area contributed by atoms with Crippen molar-refractivity contribution in [2.24, 2.45) is 0 Å². The van der Waals surface area contributed by atoms with Crippen molar-refractivity contribution in [3.8, 4) is 28.6 Å². The van der Waals surface area contributed by atoms with Gasteiger partial charge in [-0.3, -0.25) is 4.57 Å². The maximum absolute atomic E-state index is 5.41. The summed E-state index contributed by atoms with van der Waals surface area (Å²) in [5, 5.41) is 13.2. The number of hydrogen-bond acceptors (Lipinski definition) is 2. The minimum Gasteiger partial charge on any atom is -0.309 e. The van der Waals surface area contributed by atoms with E-state index in [1.54, 1.807) is 0 Å². The van der Waals surface area contributed by atoms with E-state index in [2.05, 4.69) is 226 Å². The number of fused-ring (bicyclic) bond motifs is 13. The van der Waals surface area contributed by atoms with E-state index in [0.717, 1.165) is 55.3 Å². The van der Waals surface area contributed by atoms with E-state index >= 15 is 0 Å². The van der Waals surface area contributed by atoms with Gasteiger partial charge in [0.05, 0.1) is 44.3 Å². The molecule has 4 heterocycles. The lowest BCUT2D eigenvalue weighted by Gasteiger charge is -2.13. The van der Waals surface area contributed by atoms with Gasteiger partial charge in [0.2, 0.25) is 5.95 Å². The Morgan fingerprint density at radius 3 is 1.44 bits per heavy atom. The average molecular weight is 802 g/mol. The topological polar surface area (TPSA) is 40.6 Å². The van der Waals surface area contributed by atoms with Crippen LogP contribution in [0.2, 0.25) is 0 Å². The van der Waals surface area contributed by atoms with E-state index in [9.17, 15) is 0 Å². The normalized spacial score (nSPS) is 12.1. The van der Waals surface area contributed by atoms with Crippen LogP contribution in [0.15, 0.2) is 212 Å². The molecule has 5 nitrogen and oxygen atoms in total. The van der Waals surface area contributed by atoms with Crippen LogP contribution in [0, 0.1) is 0 Å². The summed E-state index contributed by atoms with van der Waals surface area (Å²) in [6.07, 6.45) is 0. The number of rotatable bonds is 4. The molecule has 0 aliphatic rings. The first-order valence-corrected chi connectivity index (χ1v) is 21.5. The fraction of sp³-hybridized carbons (Fsp3) is 0. The molecule has 0 atom stereocenters. The fourth-order valence-electron chi connectivity index (χ4n) is 10.4. The first kappa shape index (κ1) is 34.2. The molecule has 5 heteroatoms. The van der Waals surface area contributed by atoms with Crippen molar-refractivity contribution in [2.75, 3.05) is 0 Å². The lowest BCUT2D eigenvalue weighted by atomic mass is 10.0. The number of benzene rings is 10. The van der Waals surface area contributed by atoms with Crippen molar-refractivity contribution in [3.05, 3.63) is 212 Å². The Bertz CT molecular complexity index is 4220. The number of nitrogens with zero attached hydrogens (tertiary/aromatic N) is 5. The molecule has 14 aromatic rings. The minimum absolute atomic E-state index is 0.651. The second kappa shape index (κ2) is 13.0. The highest BCUT2D eigenvalue weighted by molar-refractivity contribution is 6.29. The molecule has 0 unspecified atom stereocenters. The third-order valence-corrected chi connectivity index (χ3v) is 13.2. The molecule has 63 heavy (non-hydrogen) atoms. The Morgan fingerprint density at radius 1 is 0.286 bits per heavy atom. The van der Waals surface area contributed by atoms with Gasteiger partial charge in [0, 0.05) is 54.6 Å². The van der Waals surface area contributed by atoms with Gasteiger partial charge in [0.25, 0.3) is 0 Å². The Labute approximate surface area is 360 Å². The predicted molar refractivity (Wildman–Crippen MR) is 263 cm³/mol. The van der Waals surface area contributed by atoms with Gasteiger partial charge in [-0.15, -0.1) is 0 Å². The molecule has 0 saturated carbocycles. The Hall–Kier alpha value is -8.54. The maximum Gasteiger partial charge on any atom is 0.235 e. The van der Waals surface area contributed by atoms with Gasteiger partial charge in [-0.05, 0) is 94.3 Å². The van der Waals surface area contributed by atoms with E-state index in [4.69, 9.17) is 9.97 Å². The highest BCUT2D eigenvalue weighted by Gasteiger charge is 2.22. The van der Waals surface area contributed by atoms with Crippen molar-refractivity contribution < 1.29 is 0 Å². The molecule has 0 radical (unpaired) electrons. The Balaban J connectivity index is 1.00. The van der Waals surface area contributed by atoms with E-state index < -0.39 is 0 Å². The zero-order valence-electron chi connectivity index (χ0n) is 33.9. The summed E-state index contributed by atoms with van der Waals surface area (Å²) in [6.45, 7) is 0. The molecule has 10 aromatic carbocycles. The third kappa shape index (κ3) is 4.93. The first-order valence-electron chi connectivity index (χ1n) is 21.5. The Kier molecular flexibility index (Phi) is 7.05. The molecular weight excluding hydrogens is 767 g/mol. The quantitative estimate of drug-likeness (QED) is 0.178. The summed E-state index contributed by atoms with van der Waals surface area (Å²) in [4.78, 5) is 10.7. The molecule has 0 bridgehead atoms. The van der Waals surface area contributed by atoms with Crippen LogP contribution in [-0.4, -0.2) is 23.7 Å². The minimum atomic E-state index is 0.651. The number of para-hydroxylation sites is 4. The third-order valence-electron chi connectivity index (χ3n) is 13.2. The summed E-state index contributed by atoms with van der Waals surface area (Å²) in [6, 6.07) is 76.7. The number of hydrogen-bond donors (Lipinski definition) is 0. The van der Waals surface area contributed by atoms with Crippen LogP contribution in [0.1, 0.15) is 0 Å². The van der Waals surface area contributed by atoms with E-state index in [1.807, 2.05) is 0 Å². The largest absolute Gasteiger partial charge is 0.309 e. The molecule has 0 aliphatic heterocycles. The molecule has 0 fully saturated rings. The van der Waals surface area contributed by atoms with Crippen molar-refractivity contribution in [1.29, 1.82) is 0 Å². The molecule has 0 spiro atoms. The van der Waals surface area contributed by atoms with Gasteiger partial charge in [-0.2, -0.15) is 0 Å². The monoisotopic (exact) mass is 801 g/mol. The van der Waals surface area contributed by atoms with Crippen LogP contribution >= 0.6 is 0 Å². The zero-order valence-corrected chi connectivity index (χ0v) is 33.9. The van der Waals surface area contributed by atoms with Crippen LogP contribution < -0.4 is 0 Å². The van der Waals surface area contributed by atoms with Gasteiger partial charge < -0.3 is 9.13 Å². The second-order valence-corrected chi connectivity index (χ2v) is 16.6. The molecule has 0 saturated heterocycles. The van der Waals surface area contributed by atoms with Crippen molar-refractivity contribution >= 4 is 97.9 Å². The van der Waals surface area contributed by atoms with Gasteiger partial charge in [0.1, 0.15) is 0 Å². The highest BCUT2D eigenvalue weighted by Crippen LogP contribution is 2.43. The van der Waals surface area contributed by atoms with E-state index in [0.29, 0.717) is 5.95 Å². The zero-order chi connectivity index (χ0) is 41.2. The molecule has 0 aliphatic carbocycles. The molecule has 0 amide bonds. The summed E-state index contributed by atoms with van der Waals surface area (Å²) in [7, 11) is 0. The lowest BCUT2D eigenvalue weighted by molar-refractivity contribution is 1.01. The molecule has 4 aromatic heterocycles. The first-order chi connectivity index (χ1) is 31.2. The standard InChI is InChI=1S/C58H35N5/c1-3-15-38-33-40(26-25-36(38)13-1)57-44-18-5-9-21-48(44)59-58(60-57)63-49-22-10-6-17-43(49)47-35-42(29-30-52(47)63)62-51-24-12-8-20-46(51)56-54(62)32-31-53-55(56)45-19-7-11-23-50(45)61(53)41-28-27-37-14-2-4-16-39(37)34-41/h1-35H. The molecule has 14 rings (SSSR count). The fourth-order valence-corrected chi connectivity index (χ4v) is 10.4. The van der Waals surface area contributed by atoms with Gasteiger partial charge >= 0.3 is 0 Å². The lowest BCUT2D eigenvalue weighted by Crippen LogP contribution is -2.03. The summed E-state index contributed by atoms with van der Waals surface area (Å²) >= 11 is 0.